The van der Waals surface area contributed by atoms with Crippen LogP contribution in [-0.2, 0) is 0 Å². The van der Waals surface area contributed by atoms with Gasteiger partial charge in [-0.25, -0.2) is 4.98 Å². The van der Waals surface area contributed by atoms with Crippen molar-refractivity contribution in [3.63, 3.8) is 0 Å². The lowest BCUT2D eigenvalue weighted by molar-refractivity contribution is 0.0950. The average molecular weight is 276 g/mol. The zero-order valence-electron chi connectivity index (χ0n) is 12.4. The van der Waals surface area contributed by atoms with Crippen molar-refractivity contribution in [3.05, 3.63) is 23.9 Å². The molecular formula is C15H24N4O. The van der Waals surface area contributed by atoms with Crippen LogP contribution in [0.15, 0.2) is 18.3 Å². The predicted octanol–water partition coefficient (Wildman–Crippen LogP) is 1.27. The lowest BCUT2D eigenvalue weighted by atomic mass is 9.96. The van der Waals surface area contributed by atoms with Gasteiger partial charge in [-0.1, -0.05) is 0 Å². The number of nitrogens with zero attached hydrogens (tertiary/aromatic N) is 2. The molecule has 2 N–H and O–H groups in total. The summed E-state index contributed by atoms with van der Waals surface area (Å²) in [7, 11) is 3.86. The van der Waals surface area contributed by atoms with Crippen LogP contribution in [0.3, 0.4) is 0 Å². The maximum atomic E-state index is 12.0. The summed E-state index contributed by atoms with van der Waals surface area (Å²) in [5.74, 6) is 1.51. The Hall–Kier alpha value is -1.62. The molecule has 1 aromatic rings. The molecule has 110 valence electrons. The summed E-state index contributed by atoms with van der Waals surface area (Å²) in [6.45, 7) is 2.95. The molecule has 1 unspecified atom stereocenters. The van der Waals surface area contributed by atoms with E-state index in [2.05, 4.69) is 15.6 Å². The first-order valence-electron chi connectivity index (χ1n) is 7.29. The van der Waals surface area contributed by atoms with Gasteiger partial charge in [-0.2, -0.15) is 0 Å². The highest BCUT2D eigenvalue weighted by Gasteiger charge is 2.13. The number of amides is 1. The molecule has 0 aromatic carbocycles. The SMILES string of the molecule is CN(C)c1ccc(C(=O)NCCC2CCCNC2)cn1. The second-order valence-electron chi connectivity index (χ2n) is 5.56. The first-order valence-corrected chi connectivity index (χ1v) is 7.29. The summed E-state index contributed by atoms with van der Waals surface area (Å²) in [6.07, 6.45) is 5.19. The normalized spacial score (nSPS) is 18.6. The van der Waals surface area contributed by atoms with Gasteiger partial charge in [-0.05, 0) is 50.4 Å². The van der Waals surface area contributed by atoms with Crippen LogP contribution >= 0.6 is 0 Å². The van der Waals surface area contributed by atoms with Gasteiger partial charge in [0.15, 0.2) is 0 Å². The van der Waals surface area contributed by atoms with E-state index in [4.69, 9.17) is 0 Å². The number of anilines is 1. The lowest BCUT2D eigenvalue weighted by Crippen LogP contribution is -2.33. The van der Waals surface area contributed by atoms with Gasteiger partial charge in [0.1, 0.15) is 5.82 Å². The number of hydrogen-bond acceptors (Lipinski definition) is 4. The van der Waals surface area contributed by atoms with E-state index in [1.54, 1.807) is 6.20 Å². The molecule has 1 aliphatic rings. The van der Waals surface area contributed by atoms with Crippen molar-refractivity contribution in [1.29, 1.82) is 0 Å². The molecule has 0 bridgehead atoms. The Kier molecular flexibility index (Phi) is 5.35. The molecule has 1 atom stereocenters. The van der Waals surface area contributed by atoms with E-state index in [9.17, 15) is 4.79 Å². The highest BCUT2D eigenvalue weighted by Crippen LogP contribution is 2.13. The fraction of sp³-hybridized carbons (Fsp3) is 0.600. The maximum absolute atomic E-state index is 12.0. The number of aromatic nitrogens is 1. The smallest absolute Gasteiger partial charge is 0.252 e. The van der Waals surface area contributed by atoms with Gasteiger partial charge in [0.2, 0.25) is 0 Å². The Morgan fingerprint density at radius 1 is 1.50 bits per heavy atom. The van der Waals surface area contributed by atoms with E-state index < -0.39 is 0 Å². The van der Waals surface area contributed by atoms with Crippen LogP contribution in [-0.4, -0.2) is 44.6 Å². The summed E-state index contributed by atoms with van der Waals surface area (Å²) in [5.41, 5.74) is 0.623. The third kappa shape index (κ3) is 4.20. The average Bonchev–Trinajstić information content (AvgIpc) is 2.48. The Morgan fingerprint density at radius 3 is 2.95 bits per heavy atom. The molecule has 1 aliphatic heterocycles. The summed E-state index contributed by atoms with van der Waals surface area (Å²) >= 11 is 0. The molecule has 2 heterocycles. The van der Waals surface area contributed by atoms with Crippen LogP contribution in [0.25, 0.3) is 0 Å². The van der Waals surface area contributed by atoms with Gasteiger partial charge in [0.05, 0.1) is 5.56 Å². The molecule has 20 heavy (non-hydrogen) atoms. The summed E-state index contributed by atoms with van der Waals surface area (Å²) < 4.78 is 0. The molecule has 1 amide bonds. The molecule has 5 nitrogen and oxygen atoms in total. The number of piperidine rings is 1. The summed E-state index contributed by atoms with van der Waals surface area (Å²) in [4.78, 5) is 18.2. The maximum Gasteiger partial charge on any atom is 0.252 e. The second kappa shape index (κ2) is 7.24. The number of pyridine rings is 1. The standard InChI is InChI=1S/C15H24N4O/c1-19(2)14-6-5-13(11-18-14)15(20)17-9-7-12-4-3-8-16-10-12/h5-6,11-12,16H,3-4,7-10H2,1-2H3,(H,17,20). The van der Waals surface area contributed by atoms with Gasteiger partial charge in [-0.15, -0.1) is 0 Å². The Morgan fingerprint density at radius 2 is 2.35 bits per heavy atom. The highest BCUT2D eigenvalue weighted by molar-refractivity contribution is 5.94. The number of hydrogen-bond donors (Lipinski definition) is 2. The topological polar surface area (TPSA) is 57.3 Å². The van der Waals surface area contributed by atoms with Gasteiger partial charge in [-0.3, -0.25) is 4.79 Å². The Bertz CT molecular complexity index is 424. The van der Waals surface area contributed by atoms with Crippen molar-refractivity contribution in [2.24, 2.45) is 5.92 Å². The second-order valence-corrected chi connectivity index (χ2v) is 5.56. The largest absolute Gasteiger partial charge is 0.363 e. The number of nitrogens with one attached hydrogen (secondary N) is 2. The first-order chi connectivity index (χ1) is 9.66. The van der Waals surface area contributed by atoms with Crippen LogP contribution in [0.2, 0.25) is 0 Å². The molecule has 1 aromatic heterocycles. The lowest BCUT2D eigenvalue weighted by Gasteiger charge is -2.22. The molecule has 1 fully saturated rings. The zero-order chi connectivity index (χ0) is 14.4. The number of rotatable bonds is 5. The van der Waals surface area contributed by atoms with E-state index in [1.165, 1.54) is 12.8 Å². The molecule has 5 heteroatoms. The van der Waals surface area contributed by atoms with E-state index in [0.29, 0.717) is 11.5 Å². The quantitative estimate of drug-likeness (QED) is 0.850. The van der Waals surface area contributed by atoms with Crippen molar-refractivity contribution in [2.75, 3.05) is 38.6 Å². The van der Waals surface area contributed by atoms with Crippen molar-refractivity contribution in [1.82, 2.24) is 15.6 Å². The minimum atomic E-state index is -0.0356. The number of carbonyl (C=O) groups is 1. The van der Waals surface area contributed by atoms with Gasteiger partial charge in [0, 0.05) is 26.8 Å². The zero-order valence-corrected chi connectivity index (χ0v) is 12.4. The van der Waals surface area contributed by atoms with Crippen molar-refractivity contribution in [3.8, 4) is 0 Å². The first kappa shape index (κ1) is 14.8. The summed E-state index contributed by atoms with van der Waals surface area (Å²) in [5, 5.41) is 6.37. The Labute approximate surface area is 120 Å². The van der Waals surface area contributed by atoms with Crippen LogP contribution in [0.4, 0.5) is 5.82 Å². The minimum absolute atomic E-state index is 0.0356. The van der Waals surface area contributed by atoms with Crippen LogP contribution in [0, 0.1) is 5.92 Å². The van der Waals surface area contributed by atoms with Crippen LogP contribution in [0.5, 0.6) is 0 Å². The Balaban J connectivity index is 1.76. The van der Waals surface area contributed by atoms with Crippen molar-refractivity contribution < 1.29 is 4.79 Å². The fourth-order valence-electron chi connectivity index (χ4n) is 2.45. The van der Waals surface area contributed by atoms with Crippen molar-refractivity contribution >= 4 is 11.7 Å². The molecule has 0 saturated carbocycles. The highest BCUT2D eigenvalue weighted by atomic mass is 16.1. The van der Waals surface area contributed by atoms with Gasteiger partial charge >= 0.3 is 0 Å². The molecular weight excluding hydrogens is 252 g/mol. The van der Waals surface area contributed by atoms with E-state index in [0.717, 1.165) is 31.9 Å². The molecule has 1 saturated heterocycles. The fourth-order valence-corrected chi connectivity index (χ4v) is 2.45. The van der Waals surface area contributed by atoms with Crippen LogP contribution in [0.1, 0.15) is 29.6 Å². The number of carbonyl (C=O) groups excluding carboxylic acids is 1. The van der Waals surface area contributed by atoms with E-state index in [-0.39, 0.29) is 5.91 Å². The van der Waals surface area contributed by atoms with Crippen LogP contribution < -0.4 is 15.5 Å². The van der Waals surface area contributed by atoms with E-state index in [1.807, 2.05) is 31.1 Å². The monoisotopic (exact) mass is 276 g/mol. The molecule has 0 spiro atoms. The van der Waals surface area contributed by atoms with Crippen molar-refractivity contribution in [2.45, 2.75) is 19.3 Å². The molecule has 0 radical (unpaired) electrons. The third-order valence-electron chi connectivity index (χ3n) is 3.71. The molecule has 0 aliphatic carbocycles. The minimum Gasteiger partial charge on any atom is -0.363 e. The predicted molar refractivity (Wildman–Crippen MR) is 81.1 cm³/mol. The molecule has 2 rings (SSSR count). The van der Waals surface area contributed by atoms with Gasteiger partial charge < -0.3 is 15.5 Å². The summed E-state index contributed by atoms with van der Waals surface area (Å²) in [6, 6.07) is 3.68. The third-order valence-corrected chi connectivity index (χ3v) is 3.71. The van der Waals surface area contributed by atoms with Gasteiger partial charge in [0.25, 0.3) is 5.91 Å². The van der Waals surface area contributed by atoms with E-state index >= 15 is 0 Å².